The van der Waals surface area contributed by atoms with Crippen molar-refractivity contribution in [3.63, 3.8) is 0 Å². The van der Waals surface area contributed by atoms with E-state index in [0.29, 0.717) is 32.1 Å². The number of Topliss-reactive ketones (excluding diaryl/α,β-unsaturated/α-hetero) is 1. The fourth-order valence-corrected chi connectivity index (χ4v) is 3.36. The Hall–Kier alpha value is -2.09. The van der Waals surface area contributed by atoms with Crippen LogP contribution in [0.3, 0.4) is 0 Å². The Bertz CT molecular complexity index is 974. The first-order valence-electron chi connectivity index (χ1n) is 7.17. The molecule has 25 heavy (non-hydrogen) atoms. The average molecular weight is 395 g/mol. The van der Waals surface area contributed by atoms with E-state index in [4.69, 9.17) is 23.2 Å². The van der Waals surface area contributed by atoms with E-state index in [-0.39, 0.29) is 17.4 Å². The topological polar surface area (TPSA) is 76.4 Å². The number of rotatable bonds is 5. The Labute approximate surface area is 157 Å². The molecule has 1 amide bonds. The van der Waals surface area contributed by atoms with Crippen LogP contribution < -0.4 is 5.32 Å². The number of pyridine rings is 1. The van der Waals surface area contributed by atoms with Gasteiger partial charge in [0.15, 0.2) is 16.6 Å². The van der Waals surface area contributed by atoms with Crippen molar-refractivity contribution in [1.29, 1.82) is 0 Å². The van der Waals surface area contributed by atoms with Gasteiger partial charge in [0.1, 0.15) is 0 Å². The van der Waals surface area contributed by atoms with E-state index in [2.05, 4.69) is 15.5 Å². The summed E-state index contributed by atoms with van der Waals surface area (Å²) in [6, 6.07) is 8.35. The molecule has 0 aliphatic heterocycles. The summed E-state index contributed by atoms with van der Waals surface area (Å²) in [5, 5.41) is 12.1. The molecule has 0 bridgehead atoms. The number of benzene rings is 1. The molecule has 1 aromatic carbocycles. The van der Waals surface area contributed by atoms with Gasteiger partial charge in [0.05, 0.1) is 15.8 Å². The van der Waals surface area contributed by atoms with Gasteiger partial charge in [0.2, 0.25) is 5.91 Å². The standard InChI is InChI=1S/C16H12Cl2N4O2S/c1-9(23)10-3-2-4-12(5-10)19-14(24)8-25-16-21-20-15-13(18)6-11(17)7-22(15)16/h2-7H,8H2,1H3,(H,19,24). The summed E-state index contributed by atoms with van der Waals surface area (Å²) in [4.78, 5) is 23.5. The van der Waals surface area contributed by atoms with Gasteiger partial charge in [-0.3, -0.25) is 14.0 Å². The van der Waals surface area contributed by atoms with Crippen LogP contribution in [0.4, 0.5) is 5.69 Å². The number of ketones is 1. The highest BCUT2D eigenvalue weighted by atomic mass is 35.5. The van der Waals surface area contributed by atoms with Crippen LogP contribution in [0.15, 0.2) is 41.7 Å². The van der Waals surface area contributed by atoms with Crippen molar-refractivity contribution >= 4 is 58.0 Å². The molecule has 0 atom stereocenters. The summed E-state index contributed by atoms with van der Waals surface area (Å²) in [6.07, 6.45) is 1.64. The van der Waals surface area contributed by atoms with Crippen LogP contribution in [0.5, 0.6) is 0 Å². The van der Waals surface area contributed by atoms with Crippen LogP contribution in [0.25, 0.3) is 5.65 Å². The van der Waals surface area contributed by atoms with E-state index in [1.807, 2.05) is 0 Å². The average Bonchev–Trinajstić information content (AvgIpc) is 2.96. The third kappa shape index (κ3) is 4.12. The van der Waals surface area contributed by atoms with Crippen molar-refractivity contribution in [1.82, 2.24) is 14.6 Å². The number of hydrogen-bond acceptors (Lipinski definition) is 5. The molecular formula is C16H12Cl2N4O2S. The molecule has 0 aliphatic carbocycles. The Morgan fingerprint density at radius 2 is 2.04 bits per heavy atom. The number of nitrogens with one attached hydrogen (secondary N) is 1. The van der Waals surface area contributed by atoms with Crippen LogP contribution in [0.2, 0.25) is 10.0 Å². The first-order chi connectivity index (χ1) is 11.9. The highest BCUT2D eigenvalue weighted by Crippen LogP contribution is 2.25. The molecule has 0 unspecified atom stereocenters. The smallest absolute Gasteiger partial charge is 0.234 e. The second kappa shape index (κ2) is 7.43. The minimum Gasteiger partial charge on any atom is -0.325 e. The van der Waals surface area contributed by atoms with Gasteiger partial charge in [-0.05, 0) is 25.1 Å². The second-order valence-electron chi connectivity index (χ2n) is 5.16. The molecule has 0 radical (unpaired) electrons. The predicted molar refractivity (Wildman–Crippen MR) is 98.8 cm³/mol. The minimum atomic E-state index is -0.226. The van der Waals surface area contributed by atoms with Crippen molar-refractivity contribution in [2.75, 3.05) is 11.1 Å². The lowest BCUT2D eigenvalue weighted by Gasteiger charge is -2.06. The molecule has 0 saturated carbocycles. The fraction of sp³-hybridized carbons (Fsp3) is 0.125. The van der Waals surface area contributed by atoms with E-state index < -0.39 is 0 Å². The van der Waals surface area contributed by atoms with Gasteiger partial charge >= 0.3 is 0 Å². The van der Waals surface area contributed by atoms with E-state index in [0.717, 1.165) is 0 Å². The molecule has 2 aromatic heterocycles. The number of aromatic nitrogens is 3. The molecule has 2 heterocycles. The minimum absolute atomic E-state index is 0.0610. The number of halogens is 2. The highest BCUT2D eigenvalue weighted by Gasteiger charge is 2.12. The Morgan fingerprint density at radius 3 is 2.80 bits per heavy atom. The lowest BCUT2D eigenvalue weighted by atomic mass is 10.1. The molecule has 0 spiro atoms. The van der Waals surface area contributed by atoms with Crippen LogP contribution >= 0.6 is 35.0 Å². The van der Waals surface area contributed by atoms with E-state index >= 15 is 0 Å². The number of hydrogen-bond donors (Lipinski definition) is 1. The highest BCUT2D eigenvalue weighted by molar-refractivity contribution is 7.99. The quantitative estimate of drug-likeness (QED) is 0.523. The zero-order valence-electron chi connectivity index (χ0n) is 13.0. The van der Waals surface area contributed by atoms with Gasteiger partial charge in [-0.15, -0.1) is 10.2 Å². The van der Waals surface area contributed by atoms with Crippen LogP contribution in [0, 0.1) is 0 Å². The van der Waals surface area contributed by atoms with E-state index in [1.54, 1.807) is 40.9 Å². The van der Waals surface area contributed by atoms with Crippen molar-refractivity contribution in [2.24, 2.45) is 0 Å². The van der Waals surface area contributed by atoms with Crippen LogP contribution in [0.1, 0.15) is 17.3 Å². The second-order valence-corrected chi connectivity index (χ2v) is 6.94. The van der Waals surface area contributed by atoms with Crippen LogP contribution in [-0.4, -0.2) is 32.0 Å². The summed E-state index contributed by atoms with van der Waals surface area (Å²) in [5.74, 6) is -0.167. The molecule has 0 fully saturated rings. The van der Waals surface area contributed by atoms with Gasteiger partial charge < -0.3 is 5.32 Å². The lowest BCUT2D eigenvalue weighted by Crippen LogP contribution is -2.14. The van der Waals surface area contributed by atoms with Crippen molar-refractivity contribution in [3.05, 3.63) is 52.1 Å². The van der Waals surface area contributed by atoms with Gasteiger partial charge in [-0.25, -0.2) is 0 Å². The molecule has 9 heteroatoms. The number of fused-ring (bicyclic) bond motifs is 1. The molecular weight excluding hydrogens is 383 g/mol. The monoisotopic (exact) mass is 394 g/mol. The Kier molecular flexibility index (Phi) is 5.27. The summed E-state index contributed by atoms with van der Waals surface area (Å²) < 4.78 is 1.64. The third-order valence-corrected chi connectivity index (χ3v) is 4.71. The van der Waals surface area contributed by atoms with Crippen molar-refractivity contribution in [3.8, 4) is 0 Å². The number of amides is 1. The first kappa shape index (κ1) is 17.7. The summed E-state index contributed by atoms with van der Waals surface area (Å²) >= 11 is 13.3. The van der Waals surface area contributed by atoms with E-state index in [1.165, 1.54) is 18.7 Å². The Balaban J connectivity index is 1.69. The molecule has 0 saturated heterocycles. The number of carbonyl (C=O) groups is 2. The summed E-state index contributed by atoms with van der Waals surface area (Å²) in [5.41, 5.74) is 1.58. The summed E-state index contributed by atoms with van der Waals surface area (Å²) in [7, 11) is 0. The predicted octanol–water partition coefficient (Wildman–Crippen LogP) is 3.97. The lowest BCUT2D eigenvalue weighted by molar-refractivity contribution is -0.113. The fourth-order valence-electron chi connectivity index (χ4n) is 2.14. The molecule has 128 valence electrons. The maximum atomic E-state index is 12.1. The zero-order valence-corrected chi connectivity index (χ0v) is 15.3. The van der Waals surface area contributed by atoms with Crippen molar-refractivity contribution in [2.45, 2.75) is 12.1 Å². The molecule has 3 rings (SSSR count). The summed E-state index contributed by atoms with van der Waals surface area (Å²) in [6.45, 7) is 1.48. The van der Waals surface area contributed by atoms with Gasteiger partial charge in [-0.1, -0.05) is 47.1 Å². The van der Waals surface area contributed by atoms with Crippen LogP contribution in [-0.2, 0) is 4.79 Å². The molecule has 0 aliphatic rings. The molecule has 3 aromatic rings. The first-order valence-corrected chi connectivity index (χ1v) is 8.91. The van der Waals surface area contributed by atoms with E-state index in [9.17, 15) is 9.59 Å². The molecule has 1 N–H and O–H groups in total. The normalized spacial score (nSPS) is 10.8. The maximum absolute atomic E-state index is 12.1. The SMILES string of the molecule is CC(=O)c1cccc(NC(=O)CSc2nnc3c(Cl)cc(Cl)cn23)c1. The largest absolute Gasteiger partial charge is 0.325 e. The number of anilines is 1. The zero-order chi connectivity index (χ0) is 18.0. The van der Waals surface area contributed by atoms with Gasteiger partial charge in [-0.2, -0.15) is 0 Å². The number of nitrogens with zero attached hydrogens (tertiary/aromatic N) is 3. The number of thioether (sulfide) groups is 1. The third-order valence-electron chi connectivity index (χ3n) is 3.28. The number of carbonyl (C=O) groups excluding carboxylic acids is 2. The maximum Gasteiger partial charge on any atom is 0.234 e. The van der Waals surface area contributed by atoms with Crippen molar-refractivity contribution < 1.29 is 9.59 Å². The Morgan fingerprint density at radius 1 is 1.24 bits per heavy atom. The van der Waals surface area contributed by atoms with Gasteiger partial charge in [0, 0.05) is 17.4 Å². The van der Waals surface area contributed by atoms with Gasteiger partial charge in [0.25, 0.3) is 0 Å². The molecule has 6 nitrogen and oxygen atoms in total.